The van der Waals surface area contributed by atoms with Gasteiger partial charge < -0.3 is 5.73 Å². The van der Waals surface area contributed by atoms with Gasteiger partial charge in [0.25, 0.3) is 0 Å². The maximum Gasteiger partial charge on any atom is 0.231 e. The Kier molecular flexibility index (Phi) is 1.97. The molecule has 68 valence electrons. The highest BCUT2D eigenvalue weighted by Crippen LogP contribution is 2.18. The number of aromatic amines is 1. The first-order valence-corrected chi connectivity index (χ1v) is 5.07. The molecular weight excluding hydrogens is 180 g/mol. The van der Waals surface area contributed by atoms with Gasteiger partial charge in [-0.2, -0.15) is 5.10 Å². The van der Waals surface area contributed by atoms with E-state index in [4.69, 9.17) is 5.73 Å². The molecule has 6 nitrogen and oxygen atoms in total. The topological polar surface area (TPSA) is 101 Å². The molecule has 1 heterocycles. The summed E-state index contributed by atoms with van der Waals surface area (Å²) in [5, 5.41) is 6.22. The molecule has 0 aliphatic carbocycles. The molecule has 0 spiro atoms. The van der Waals surface area contributed by atoms with Gasteiger partial charge in [0, 0.05) is 0 Å². The van der Waals surface area contributed by atoms with Crippen LogP contribution in [0.2, 0.25) is 0 Å². The van der Waals surface area contributed by atoms with Crippen LogP contribution in [-0.2, 0) is 10.0 Å². The standard InChI is InChI=1S/C5H10N4O2S/c1-3-4(6)5(8-7-3)9-12(2,10)11/h6H2,1-2H3,(H2,7,8,9). The van der Waals surface area contributed by atoms with Crippen LogP contribution in [0.4, 0.5) is 11.5 Å². The Labute approximate surface area is 70.2 Å². The number of hydrogen-bond donors (Lipinski definition) is 3. The van der Waals surface area contributed by atoms with Gasteiger partial charge in [-0.1, -0.05) is 0 Å². The lowest BCUT2D eigenvalue weighted by atomic mass is 10.4. The van der Waals surface area contributed by atoms with Crippen molar-refractivity contribution in [2.45, 2.75) is 6.92 Å². The summed E-state index contributed by atoms with van der Waals surface area (Å²) in [6, 6.07) is 0. The Morgan fingerprint density at radius 1 is 1.58 bits per heavy atom. The lowest BCUT2D eigenvalue weighted by molar-refractivity contribution is 0.606. The second-order valence-corrected chi connectivity index (χ2v) is 4.23. The molecule has 0 aliphatic rings. The molecule has 0 radical (unpaired) electrons. The van der Waals surface area contributed by atoms with Crippen LogP contribution >= 0.6 is 0 Å². The molecule has 1 aromatic heterocycles. The van der Waals surface area contributed by atoms with Crippen molar-refractivity contribution in [1.82, 2.24) is 10.2 Å². The molecule has 0 saturated carbocycles. The van der Waals surface area contributed by atoms with Crippen LogP contribution < -0.4 is 10.5 Å². The van der Waals surface area contributed by atoms with E-state index in [0.717, 1.165) is 6.26 Å². The van der Waals surface area contributed by atoms with Crippen LogP contribution in [0.25, 0.3) is 0 Å². The molecule has 0 aliphatic heterocycles. The molecule has 7 heteroatoms. The molecule has 0 fully saturated rings. The summed E-state index contributed by atoms with van der Waals surface area (Å²) in [5.74, 6) is 0.148. The number of aryl methyl sites for hydroxylation is 1. The Morgan fingerprint density at radius 3 is 2.50 bits per heavy atom. The minimum absolute atomic E-state index is 0.148. The number of anilines is 2. The van der Waals surface area contributed by atoms with E-state index >= 15 is 0 Å². The van der Waals surface area contributed by atoms with E-state index in [1.54, 1.807) is 6.92 Å². The largest absolute Gasteiger partial charge is 0.394 e. The molecule has 0 unspecified atom stereocenters. The molecule has 1 rings (SSSR count). The Bertz CT molecular complexity index is 380. The Hall–Kier alpha value is -1.24. The summed E-state index contributed by atoms with van der Waals surface area (Å²) in [5.41, 5.74) is 6.45. The van der Waals surface area contributed by atoms with Gasteiger partial charge in [0.05, 0.1) is 17.6 Å². The van der Waals surface area contributed by atoms with Crippen LogP contribution in [0.5, 0.6) is 0 Å². The zero-order valence-corrected chi connectivity index (χ0v) is 7.57. The van der Waals surface area contributed by atoms with Gasteiger partial charge in [-0.05, 0) is 6.92 Å². The minimum Gasteiger partial charge on any atom is -0.394 e. The van der Waals surface area contributed by atoms with Crippen molar-refractivity contribution in [2.75, 3.05) is 16.7 Å². The molecule has 0 aromatic carbocycles. The highest BCUT2D eigenvalue weighted by atomic mass is 32.2. The SMILES string of the molecule is Cc1[nH]nc(NS(C)(=O)=O)c1N. The molecular formula is C5H10N4O2S. The van der Waals surface area contributed by atoms with Crippen LogP contribution in [0.15, 0.2) is 0 Å². The zero-order chi connectivity index (χ0) is 9.35. The van der Waals surface area contributed by atoms with Gasteiger partial charge >= 0.3 is 0 Å². The smallest absolute Gasteiger partial charge is 0.231 e. The van der Waals surface area contributed by atoms with Crippen molar-refractivity contribution < 1.29 is 8.42 Å². The van der Waals surface area contributed by atoms with Crippen molar-refractivity contribution in [3.63, 3.8) is 0 Å². The third-order valence-electron chi connectivity index (χ3n) is 1.28. The van der Waals surface area contributed by atoms with Crippen molar-refractivity contribution in [1.29, 1.82) is 0 Å². The fourth-order valence-corrected chi connectivity index (χ4v) is 1.20. The van der Waals surface area contributed by atoms with E-state index in [0.29, 0.717) is 11.4 Å². The summed E-state index contributed by atoms with van der Waals surface area (Å²) < 4.78 is 23.7. The van der Waals surface area contributed by atoms with Crippen molar-refractivity contribution in [3.05, 3.63) is 5.69 Å². The van der Waals surface area contributed by atoms with Crippen molar-refractivity contribution in [2.24, 2.45) is 0 Å². The van der Waals surface area contributed by atoms with Gasteiger partial charge in [-0.3, -0.25) is 9.82 Å². The Morgan fingerprint density at radius 2 is 2.17 bits per heavy atom. The van der Waals surface area contributed by atoms with Crippen LogP contribution in [-0.4, -0.2) is 24.9 Å². The van der Waals surface area contributed by atoms with Crippen molar-refractivity contribution in [3.8, 4) is 0 Å². The van der Waals surface area contributed by atoms with E-state index in [9.17, 15) is 8.42 Å². The third-order valence-corrected chi connectivity index (χ3v) is 1.84. The van der Waals surface area contributed by atoms with E-state index < -0.39 is 10.0 Å². The monoisotopic (exact) mass is 190 g/mol. The first-order chi connectivity index (χ1) is 5.40. The quantitative estimate of drug-likeness (QED) is 0.594. The van der Waals surface area contributed by atoms with Gasteiger partial charge in [0.2, 0.25) is 10.0 Å². The highest BCUT2D eigenvalue weighted by Gasteiger charge is 2.09. The number of hydrogen-bond acceptors (Lipinski definition) is 4. The fourth-order valence-electron chi connectivity index (χ4n) is 0.691. The number of nitrogens with one attached hydrogen (secondary N) is 2. The normalized spacial score (nSPS) is 11.5. The molecule has 12 heavy (non-hydrogen) atoms. The Balaban J connectivity index is 2.99. The van der Waals surface area contributed by atoms with Gasteiger partial charge in [-0.25, -0.2) is 8.42 Å². The second-order valence-electron chi connectivity index (χ2n) is 2.49. The van der Waals surface area contributed by atoms with E-state index in [1.165, 1.54) is 0 Å². The first kappa shape index (κ1) is 8.85. The van der Waals surface area contributed by atoms with E-state index in [2.05, 4.69) is 14.9 Å². The number of rotatable bonds is 2. The second kappa shape index (κ2) is 2.67. The fraction of sp³-hybridized carbons (Fsp3) is 0.400. The summed E-state index contributed by atoms with van der Waals surface area (Å²) >= 11 is 0. The predicted octanol–water partition coefficient (Wildman–Crippen LogP) is -0.328. The van der Waals surface area contributed by atoms with Crippen LogP contribution in [0.3, 0.4) is 0 Å². The number of nitrogen functional groups attached to an aromatic ring is 1. The maximum atomic E-state index is 10.7. The maximum absolute atomic E-state index is 10.7. The number of aromatic nitrogens is 2. The van der Waals surface area contributed by atoms with Crippen LogP contribution in [0.1, 0.15) is 5.69 Å². The zero-order valence-electron chi connectivity index (χ0n) is 6.75. The summed E-state index contributed by atoms with van der Waals surface area (Å²) in [7, 11) is -3.30. The number of nitrogens with two attached hydrogens (primary N) is 1. The lowest BCUT2D eigenvalue weighted by Crippen LogP contribution is -2.11. The van der Waals surface area contributed by atoms with E-state index in [1.807, 2.05) is 0 Å². The summed E-state index contributed by atoms with van der Waals surface area (Å²) in [6.45, 7) is 1.70. The van der Waals surface area contributed by atoms with Crippen molar-refractivity contribution >= 4 is 21.5 Å². The van der Waals surface area contributed by atoms with Crippen LogP contribution in [0, 0.1) is 6.92 Å². The molecule has 1 aromatic rings. The molecule has 0 atom stereocenters. The number of nitrogens with zero attached hydrogens (tertiary/aromatic N) is 1. The lowest BCUT2D eigenvalue weighted by Gasteiger charge is -1.99. The molecule has 0 bridgehead atoms. The van der Waals surface area contributed by atoms with Gasteiger partial charge in [0.15, 0.2) is 5.82 Å². The molecule has 0 amide bonds. The minimum atomic E-state index is -3.30. The predicted molar refractivity (Wildman–Crippen MR) is 46.2 cm³/mol. The summed E-state index contributed by atoms with van der Waals surface area (Å²) in [6.07, 6.45) is 1.04. The first-order valence-electron chi connectivity index (χ1n) is 3.18. The third kappa shape index (κ3) is 1.88. The highest BCUT2D eigenvalue weighted by molar-refractivity contribution is 7.92. The number of sulfonamides is 1. The van der Waals surface area contributed by atoms with E-state index in [-0.39, 0.29) is 5.82 Å². The average molecular weight is 190 g/mol. The average Bonchev–Trinajstić information content (AvgIpc) is 2.16. The molecule has 4 N–H and O–H groups in total. The number of H-pyrrole nitrogens is 1. The molecule has 0 saturated heterocycles. The van der Waals surface area contributed by atoms with Gasteiger partial charge in [0.1, 0.15) is 0 Å². The van der Waals surface area contributed by atoms with Gasteiger partial charge in [-0.15, -0.1) is 0 Å². The summed E-state index contributed by atoms with van der Waals surface area (Å²) in [4.78, 5) is 0.